The van der Waals surface area contributed by atoms with Crippen LogP contribution in [0.2, 0.25) is 0 Å². The van der Waals surface area contributed by atoms with Gasteiger partial charge in [0.2, 0.25) is 5.91 Å². The number of hydrogen-bond acceptors (Lipinski definition) is 3. The summed E-state index contributed by atoms with van der Waals surface area (Å²) >= 11 is 0. The summed E-state index contributed by atoms with van der Waals surface area (Å²) in [5.41, 5.74) is 2.18. The highest BCUT2D eigenvalue weighted by atomic mass is 35.5. The van der Waals surface area contributed by atoms with Gasteiger partial charge in [0, 0.05) is 12.2 Å². The predicted molar refractivity (Wildman–Crippen MR) is 90.0 cm³/mol. The monoisotopic (exact) mass is 311 g/mol. The highest BCUT2D eigenvalue weighted by Crippen LogP contribution is 2.15. The molecule has 1 saturated heterocycles. The third-order valence-corrected chi connectivity index (χ3v) is 3.68. The largest absolute Gasteiger partial charge is 0.325 e. The number of nitrogens with zero attached hydrogens (tertiary/aromatic N) is 1. The third-order valence-electron chi connectivity index (χ3n) is 3.68. The van der Waals surface area contributed by atoms with Gasteiger partial charge in [-0.3, -0.25) is 9.69 Å². The summed E-state index contributed by atoms with van der Waals surface area (Å²) < 4.78 is 0. The van der Waals surface area contributed by atoms with Crippen LogP contribution in [-0.4, -0.2) is 37.5 Å². The van der Waals surface area contributed by atoms with E-state index in [1.54, 1.807) is 7.05 Å². The number of rotatable bonds is 5. The SMILES string of the molecule is CNCC(=O)Nc1ccc(CN2CCCCCC2)cc1.Cl. The van der Waals surface area contributed by atoms with Crippen molar-refractivity contribution >= 4 is 24.0 Å². The van der Waals surface area contributed by atoms with E-state index in [-0.39, 0.29) is 18.3 Å². The highest BCUT2D eigenvalue weighted by Gasteiger charge is 2.09. The Hall–Kier alpha value is -1.10. The molecule has 0 atom stereocenters. The van der Waals surface area contributed by atoms with Crippen molar-refractivity contribution < 1.29 is 4.79 Å². The lowest BCUT2D eigenvalue weighted by Crippen LogP contribution is -2.25. The van der Waals surface area contributed by atoms with E-state index in [0.29, 0.717) is 6.54 Å². The zero-order valence-corrected chi connectivity index (χ0v) is 13.5. The molecule has 1 aromatic rings. The number of carbonyl (C=O) groups excluding carboxylic acids is 1. The Morgan fingerprint density at radius 3 is 2.29 bits per heavy atom. The maximum Gasteiger partial charge on any atom is 0.238 e. The molecular formula is C16H26ClN3O. The fourth-order valence-electron chi connectivity index (χ4n) is 2.61. The van der Waals surface area contributed by atoms with Gasteiger partial charge in [0.05, 0.1) is 6.54 Å². The van der Waals surface area contributed by atoms with E-state index in [1.807, 2.05) is 12.1 Å². The average molecular weight is 312 g/mol. The number of nitrogens with one attached hydrogen (secondary N) is 2. The second-order valence-corrected chi connectivity index (χ2v) is 5.47. The summed E-state index contributed by atoms with van der Waals surface area (Å²) in [6.07, 6.45) is 5.37. The van der Waals surface area contributed by atoms with Gasteiger partial charge in [0.15, 0.2) is 0 Å². The number of benzene rings is 1. The Labute approximate surface area is 133 Å². The lowest BCUT2D eigenvalue weighted by atomic mass is 10.2. The van der Waals surface area contributed by atoms with E-state index >= 15 is 0 Å². The molecule has 1 fully saturated rings. The molecule has 1 amide bonds. The number of likely N-dealkylation sites (N-methyl/N-ethyl adjacent to an activating group) is 1. The van der Waals surface area contributed by atoms with E-state index < -0.39 is 0 Å². The predicted octanol–water partition coefficient (Wildman–Crippen LogP) is 2.64. The lowest BCUT2D eigenvalue weighted by Gasteiger charge is -2.19. The molecule has 0 bridgehead atoms. The zero-order valence-electron chi connectivity index (χ0n) is 12.7. The molecule has 1 aliphatic heterocycles. The van der Waals surface area contributed by atoms with Crippen LogP contribution >= 0.6 is 12.4 Å². The number of hydrogen-bond donors (Lipinski definition) is 2. The van der Waals surface area contributed by atoms with E-state index in [4.69, 9.17) is 0 Å². The van der Waals surface area contributed by atoms with Gasteiger partial charge in [-0.1, -0.05) is 25.0 Å². The van der Waals surface area contributed by atoms with Crippen LogP contribution in [0.5, 0.6) is 0 Å². The van der Waals surface area contributed by atoms with E-state index in [1.165, 1.54) is 44.3 Å². The number of likely N-dealkylation sites (tertiary alicyclic amines) is 1. The van der Waals surface area contributed by atoms with Gasteiger partial charge in [-0.15, -0.1) is 12.4 Å². The quantitative estimate of drug-likeness (QED) is 0.878. The molecule has 21 heavy (non-hydrogen) atoms. The zero-order chi connectivity index (χ0) is 14.2. The minimum absolute atomic E-state index is 0. The maximum absolute atomic E-state index is 11.5. The summed E-state index contributed by atoms with van der Waals surface area (Å²) in [5.74, 6) is -0.00670. The third kappa shape index (κ3) is 6.46. The molecule has 1 aromatic carbocycles. The summed E-state index contributed by atoms with van der Waals surface area (Å²) in [6, 6.07) is 8.20. The van der Waals surface area contributed by atoms with E-state index in [2.05, 4.69) is 27.7 Å². The fraction of sp³-hybridized carbons (Fsp3) is 0.562. The van der Waals surface area contributed by atoms with Crippen molar-refractivity contribution in [2.45, 2.75) is 32.2 Å². The Balaban J connectivity index is 0.00000220. The Bertz CT molecular complexity index is 414. The average Bonchev–Trinajstić information content (AvgIpc) is 2.70. The molecule has 1 heterocycles. The van der Waals surface area contributed by atoms with Gasteiger partial charge in [-0.2, -0.15) is 0 Å². The number of amides is 1. The van der Waals surface area contributed by atoms with Crippen LogP contribution in [0.4, 0.5) is 5.69 Å². The van der Waals surface area contributed by atoms with Gasteiger partial charge >= 0.3 is 0 Å². The lowest BCUT2D eigenvalue weighted by molar-refractivity contribution is -0.115. The van der Waals surface area contributed by atoms with Crippen molar-refractivity contribution in [2.75, 3.05) is 32.0 Å². The topological polar surface area (TPSA) is 44.4 Å². The smallest absolute Gasteiger partial charge is 0.238 e. The first kappa shape index (κ1) is 18.0. The van der Waals surface area contributed by atoms with Crippen LogP contribution in [0.3, 0.4) is 0 Å². The van der Waals surface area contributed by atoms with Crippen molar-refractivity contribution in [1.82, 2.24) is 10.2 Å². The number of halogens is 1. The fourth-order valence-corrected chi connectivity index (χ4v) is 2.61. The Kier molecular flexibility index (Phi) is 8.35. The van der Waals surface area contributed by atoms with Gasteiger partial charge in [0.1, 0.15) is 0 Å². The van der Waals surface area contributed by atoms with Crippen molar-refractivity contribution in [1.29, 1.82) is 0 Å². The van der Waals surface area contributed by atoms with Crippen molar-refractivity contribution in [3.63, 3.8) is 0 Å². The molecule has 1 aliphatic rings. The second-order valence-electron chi connectivity index (χ2n) is 5.47. The molecule has 0 spiro atoms. The first-order chi connectivity index (χ1) is 9.78. The number of carbonyl (C=O) groups is 1. The first-order valence-corrected chi connectivity index (χ1v) is 7.53. The summed E-state index contributed by atoms with van der Waals surface area (Å²) in [5, 5.41) is 5.71. The summed E-state index contributed by atoms with van der Waals surface area (Å²) in [7, 11) is 1.77. The summed E-state index contributed by atoms with van der Waals surface area (Å²) in [6.45, 7) is 3.78. The van der Waals surface area contributed by atoms with Crippen molar-refractivity contribution in [3.8, 4) is 0 Å². The Morgan fingerprint density at radius 1 is 1.10 bits per heavy atom. The van der Waals surface area contributed by atoms with Gasteiger partial charge < -0.3 is 10.6 Å². The molecular weight excluding hydrogens is 286 g/mol. The summed E-state index contributed by atoms with van der Waals surface area (Å²) in [4.78, 5) is 14.0. The van der Waals surface area contributed by atoms with Crippen LogP contribution in [-0.2, 0) is 11.3 Å². The molecule has 0 unspecified atom stereocenters. The minimum atomic E-state index is -0.00670. The molecule has 0 radical (unpaired) electrons. The second kappa shape index (κ2) is 9.77. The van der Waals surface area contributed by atoms with Crippen LogP contribution in [0, 0.1) is 0 Å². The molecule has 5 heteroatoms. The van der Waals surface area contributed by atoms with Crippen LogP contribution < -0.4 is 10.6 Å². The van der Waals surface area contributed by atoms with Crippen LogP contribution in [0.1, 0.15) is 31.2 Å². The van der Waals surface area contributed by atoms with Crippen LogP contribution in [0.25, 0.3) is 0 Å². The standard InChI is InChI=1S/C16H25N3O.ClH/c1-17-12-16(20)18-15-8-6-14(7-9-15)13-19-10-4-2-3-5-11-19;/h6-9,17H,2-5,10-13H2,1H3,(H,18,20);1H. The van der Waals surface area contributed by atoms with Gasteiger partial charge in [0.25, 0.3) is 0 Å². The van der Waals surface area contributed by atoms with E-state index in [0.717, 1.165) is 12.2 Å². The minimum Gasteiger partial charge on any atom is -0.325 e. The normalized spacial score (nSPS) is 15.9. The van der Waals surface area contributed by atoms with Gasteiger partial charge in [-0.05, 0) is 50.7 Å². The van der Waals surface area contributed by atoms with Crippen LogP contribution in [0.15, 0.2) is 24.3 Å². The molecule has 4 nitrogen and oxygen atoms in total. The van der Waals surface area contributed by atoms with Crippen molar-refractivity contribution in [3.05, 3.63) is 29.8 Å². The molecule has 2 N–H and O–H groups in total. The molecule has 0 saturated carbocycles. The molecule has 2 rings (SSSR count). The molecule has 0 aromatic heterocycles. The van der Waals surface area contributed by atoms with Gasteiger partial charge in [-0.25, -0.2) is 0 Å². The first-order valence-electron chi connectivity index (χ1n) is 7.53. The Morgan fingerprint density at radius 2 is 1.71 bits per heavy atom. The van der Waals surface area contributed by atoms with Crippen molar-refractivity contribution in [2.24, 2.45) is 0 Å². The number of anilines is 1. The highest BCUT2D eigenvalue weighted by molar-refractivity contribution is 5.92. The maximum atomic E-state index is 11.5. The molecule has 0 aliphatic carbocycles. The molecule has 118 valence electrons. The van der Waals surface area contributed by atoms with E-state index in [9.17, 15) is 4.79 Å².